The zero-order valence-electron chi connectivity index (χ0n) is 13.8. The number of aryl methyl sites for hydroxylation is 1. The Bertz CT molecular complexity index is 704. The summed E-state index contributed by atoms with van der Waals surface area (Å²) < 4.78 is 14.7. The van der Waals surface area contributed by atoms with Gasteiger partial charge in [-0.3, -0.25) is 9.48 Å². The number of carbonyl (C=O) groups excluding carboxylic acids is 1. The molecule has 23 heavy (non-hydrogen) atoms. The van der Waals surface area contributed by atoms with Crippen molar-refractivity contribution in [3.63, 3.8) is 0 Å². The molecule has 0 spiro atoms. The fourth-order valence-corrected chi connectivity index (χ4v) is 2.39. The number of rotatable bonds is 6. The molecule has 0 aliphatic carbocycles. The van der Waals surface area contributed by atoms with Crippen molar-refractivity contribution in [2.75, 3.05) is 6.54 Å². The van der Waals surface area contributed by atoms with Crippen LogP contribution in [0.2, 0.25) is 0 Å². The highest BCUT2D eigenvalue weighted by atomic mass is 19.1. The van der Waals surface area contributed by atoms with Crippen LogP contribution in [0.15, 0.2) is 36.9 Å². The van der Waals surface area contributed by atoms with Crippen molar-refractivity contribution in [2.24, 2.45) is 0 Å². The Morgan fingerprint density at radius 1 is 1.30 bits per heavy atom. The largest absolute Gasteiger partial charge is 0.333 e. The van der Waals surface area contributed by atoms with E-state index in [4.69, 9.17) is 0 Å². The zero-order chi connectivity index (χ0) is 17.0. The van der Waals surface area contributed by atoms with Crippen LogP contribution in [0, 0.1) is 26.6 Å². The number of aromatic nitrogens is 2. The number of hydrogen-bond donors (Lipinski definition) is 0. The molecule has 0 fully saturated rings. The molecule has 0 saturated carbocycles. The maximum absolute atomic E-state index is 13.0. The lowest BCUT2D eigenvalue weighted by atomic mass is 10.2. The van der Waals surface area contributed by atoms with Gasteiger partial charge in [-0.25, -0.2) is 4.39 Å². The average Bonchev–Trinajstić information content (AvgIpc) is 2.76. The molecule has 1 aromatic carbocycles. The smallest absolute Gasteiger partial charge is 0.244 e. The predicted molar refractivity (Wildman–Crippen MR) is 88.5 cm³/mol. The molecule has 0 aliphatic heterocycles. The number of nitrogens with zero attached hydrogens (tertiary/aromatic N) is 3. The normalized spacial score (nSPS) is 10.6. The Morgan fingerprint density at radius 3 is 2.48 bits per heavy atom. The quantitative estimate of drug-likeness (QED) is 0.768. The lowest BCUT2D eigenvalue weighted by Gasteiger charge is -2.21. The Labute approximate surface area is 136 Å². The van der Waals surface area contributed by atoms with Crippen molar-refractivity contribution in [3.8, 4) is 0 Å². The Morgan fingerprint density at radius 2 is 1.96 bits per heavy atom. The van der Waals surface area contributed by atoms with Gasteiger partial charge in [0.15, 0.2) is 0 Å². The standard InChI is InChI=1S/C18H22FN3O/c1-5-10-21(11-16-6-8-17(19)9-7-16)18(23)12-22-15(4)13(2)14(3)20-22/h5-9H,1,10-12H2,2-4H3. The molecular formula is C18H22FN3O. The van der Waals surface area contributed by atoms with Crippen molar-refractivity contribution >= 4 is 5.91 Å². The van der Waals surface area contributed by atoms with Gasteiger partial charge >= 0.3 is 0 Å². The van der Waals surface area contributed by atoms with Gasteiger partial charge in [-0.05, 0) is 44.0 Å². The Hall–Kier alpha value is -2.43. The summed E-state index contributed by atoms with van der Waals surface area (Å²) in [6.45, 7) is 10.6. The lowest BCUT2D eigenvalue weighted by Crippen LogP contribution is -2.34. The molecule has 0 unspecified atom stereocenters. The van der Waals surface area contributed by atoms with E-state index >= 15 is 0 Å². The lowest BCUT2D eigenvalue weighted by molar-refractivity contribution is -0.132. The molecule has 1 amide bonds. The highest BCUT2D eigenvalue weighted by molar-refractivity contribution is 5.76. The first-order chi connectivity index (χ1) is 10.9. The van der Waals surface area contributed by atoms with E-state index in [1.807, 2.05) is 20.8 Å². The van der Waals surface area contributed by atoms with E-state index in [1.165, 1.54) is 12.1 Å². The molecule has 2 aromatic rings. The van der Waals surface area contributed by atoms with Crippen LogP contribution in [0.25, 0.3) is 0 Å². The zero-order valence-corrected chi connectivity index (χ0v) is 13.8. The monoisotopic (exact) mass is 315 g/mol. The van der Waals surface area contributed by atoms with Crippen molar-refractivity contribution in [1.82, 2.24) is 14.7 Å². The van der Waals surface area contributed by atoms with E-state index in [1.54, 1.807) is 27.8 Å². The van der Waals surface area contributed by atoms with Gasteiger partial charge in [0.2, 0.25) is 5.91 Å². The SMILES string of the molecule is C=CCN(Cc1ccc(F)cc1)C(=O)Cn1nc(C)c(C)c1C. The minimum absolute atomic E-state index is 0.0418. The highest BCUT2D eigenvalue weighted by Crippen LogP contribution is 2.12. The predicted octanol–water partition coefficient (Wildman–Crippen LogP) is 3.16. The van der Waals surface area contributed by atoms with E-state index in [9.17, 15) is 9.18 Å². The summed E-state index contributed by atoms with van der Waals surface area (Å²) in [7, 11) is 0. The van der Waals surface area contributed by atoms with Gasteiger partial charge in [0.05, 0.1) is 5.69 Å². The second kappa shape index (κ2) is 7.22. The van der Waals surface area contributed by atoms with Gasteiger partial charge in [0.1, 0.15) is 12.4 Å². The van der Waals surface area contributed by atoms with Crippen LogP contribution in [-0.4, -0.2) is 27.1 Å². The fourth-order valence-electron chi connectivity index (χ4n) is 2.39. The summed E-state index contributed by atoms with van der Waals surface area (Å²) in [5.41, 5.74) is 3.91. The van der Waals surface area contributed by atoms with Crippen molar-refractivity contribution in [2.45, 2.75) is 33.9 Å². The van der Waals surface area contributed by atoms with E-state index in [2.05, 4.69) is 11.7 Å². The number of amides is 1. The molecule has 1 heterocycles. The molecule has 0 atom stereocenters. The summed E-state index contributed by atoms with van der Waals surface area (Å²) in [5, 5.41) is 4.40. The van der Waals surface area contributed by atoms with Crippen LogP contribution in [0.3, 0.4) is 0 Å². The summed E-state index contributed by atoms with van der Waals surface area (Å²) in [6, 6.07) is 6.17. The molecule has 0 radical (unpaired) electrons. The summed E-state index contributed by atoms with van der Waals surface area (Å²) in [4.78, 5) is 14.3. The van der Waals surface area contributed by atoms with Gasteiger partial charge in [-0.1, -0.05) is 18.2 Å². The summed E-state index contributed by atoms with van der Waals surface area (Å²) >= 11 is 0. The third-order valence-electron chi connectivity index (χ3n) is 4.02. The van der Waals surface area contributed by atoms with Crippen molar-refractivity contribution in [1.29, 1.82) is 0 Å². The van der Waals surface area contributed by atoms with Crippen LogP contribution in [-0.2, 0) is 17.9 Å². The molecular weight excluding hydrogens is 293 g/mol. The second-order valence-electron chi connectivity index (χ2n) is 5.64. The van der Waals surface area contributed by atoms with Gasteiger partial charge in [0, 0.05) is 18.8 Å². The van der Waals surface area contributed by atoms with Crippen LogP contribution in [0.1, 0.15) is 22.5 Å². The van der Waals surface area contributed by atoms with Crippen LogP contribution < -0.4 is 0 Å². The van der Waals surface area contributed by atoms with E-state index < -0.39 is 0 Å². The second-order valence-corrected chi connectivity index (χ2v) is 5.64. The summed E-state index contributed by atoms with van der Waals surface area (Å²) in [5.74, 6) is -0.326. The number of halogens is 1. The number of benzene rings is 1. The maximum Gasteiger partial charge on any atom is 0.244 e. The first-order valence-electron chi connectivity index (χ1n) is 7.56. The van der Waals surface area contributed by atoms with Gasteiger partial charge < -0.3 is 4.90 Å². The van der Waals surface area contributed by atoms with Crippen LogP contribution in [0.5, 0.6) is 0 Å². The first-order valence-corrected chi connectivity index (χ1v) is 7.56. The fraction of sp³-hybridized carbons (Fsp3) is 0.333. The molecule has 0 bridgehead atoms. The first kappa shape index (κ1) is 16.9. The molecule has 5 heteroatoms. The van der Waals surface area contributed by atoms with Gasteiger partial charge in [-0.15, -0.1) is 6.58 Å². The van der Waals surface area contributed by atoms with Gasteiger partial charge in [-0.2, -0.15) is 5.10 Å². The molecule has 2 rings (SSSR count). The third-order valence-corrected chi connectivity index (χ3v) is 4.02. The van der Waals surface area contributed by atoms with E-state index in [-0.39, 0.29) is 18.3 Å². The highest BCUT2D eigenvalue weighted by Gasteiger charge is 2.16. The van der Waals surface area contributed by atoms with Crippen LogP contribution >= 0.6 is 0 Å². The Balaban J connectivity index is 2.12. The molecule has 0 aliphatic rings. The number of carbonyl (C=O) groups is 1. The van der Waals surface area contributed by atoms with Gasteiger partial charge in [0.25, 0.3) is 0 Å². The molecule has 1 aromatic heterocycles. The molecule has 0 saturated heterocycles. The van der Waals surface area contributed by atoms with Crippen molar-refractivity contribution in [3.05, 3.63) is 65.3 Å². The maximum atomic E-state index is 13.0. The number of hydrogen-bond acceptors (Lipinski definition) is 2. The van der Waals surface area contributed by atoms with Crippen LogP contribution in [0.4, 0.5) is 4.39 Å². The minimum Gasteiger partial charge on any atom is -0.333 e. The molecule has 4 nitrogen and oxygen atoms in total. The van der Waals surface area contributed by atoms with E-state index in [0.717, 1.165) is 22.5 Å². The minimum atomic E-state index is -0.284. The summed E-state index contributed by atoms with van der Waals surface area (Å²) in [6.07, 6.45) is 1.69. The van der Waals surface area contributed by atoms with E-state index in [0.29, 0.717) is 13.1 Å². The average molecular weight is 315 g/mol. The molecule has 122 valence electrons. The van der Waals surface area contributed by atoms with Crippen molar-refractivity contribution < 1.29 is 9.18 Å². The third kappa shape index (κ3) is 4.06. The Kier molecular flexibility index (Phi) is 5.32. The topological polar surface area (TPSA) is 38.1 Å². The molecule has 0 N–H and O–H groups in total.